The molecule has 124 valence electrons. The van der Waals surface area contributed by atoms with E-state index >= 15 is 0 Å². The first-order valence-electron chi connectivity index (χ1n) is 6.76. The number of aryl methyl sites for hydroxylation is 1. The number of allylic oxidation sites excluding steroid dienone is 2. The van der Waals surface area contributed by atoms with E-state index in [1.807, 2.05) is 0 Å². The summed E-state index contributed by atoms with van der Waals surface area (Å²) in [5.41, 5.74) is -4.31. The quantitative estimate of drug-likeness (QED) is 0.617. The Morgan fingerprint density at radius 1 is 1.32 bits per heavy atom. The molecule has 2 rings (SSSR count). The molecular weight excluding hydrogens is 323 g/mol. The fourth-order valence-electron chi connectivity index (χ4n) is 2.52. The number of oxazole rings is 1. The summed E-state index contributed by atoms with van der Waals surface area (Å²) >= 11 is 0. The summed E-state index contributed by atoms with van der Waals surface area (Å²) in [6.07, 6.45) is 3.20. The zero-order valence-electron chi connectivity index (χ0n) is 12.1. The van der Waals surface area contributed by atoms with Crippen LogP contribution in [0.2, 0.25) is 0 Å². The third kappa shape index (κ3) is 3.29. The van der Waals surface area contributed by atoms with Gasteiger partial charge in [0.2, 0.25) is 0 Å². The van der Waals surface area contributed by atoms with Crippen LogP contribution in [0.1, 0.15) is 50.0 Å². The zero-order valence-corrected chi connectivity index (χ0v) is 12.9. The molecule has 5 nitrogen and oxygen atoms in total. The lowest BCUT2D eigenvalue weighted by Gasteiger charge is -2.24. The van der Waals surface area contributed by atoms with Gasteiger partial charge in [-0.1, -0.05) is 6.92 Å². The van der Waals surface area contributed by atoms with Crippen molar-refractivity contribution < 1.29 is 30.2 Å². The normalized spacial score (nSPS) is 18.4. The minimum Gasteiger partial charge on any atom is -0.448 e. The second-order valence-electron chi connectivity index (χ2n) is 5.16. The first-order chi connectivity index (χ1) is 10.1. The van der Waals surface area contributed by atoms with Crippen molar-refractivity contribution in [2.75, 3.05) is 0 Å². The van der Waals surface area contributed by atoms with Crippen LogP contribution in [0.15, 0.2) is 22.1 Å². The van der Waals surface area contributed by atoms with Crippen LogP contribution < -0.4 is 0 Å². The van der Waals surface area contributed by atoms with Crippen LogP contribution in [0, 0.1) is 6.92 Å². The molecule has 0 fully saturated rings. The maximum atomic E-state index is 12.5. The van der Waals surface area contributed by atoms with Crippen LogP contribution in [0.4, 0.5) is 13.2 Å². The highest BCUT2D eigenvalue weighted by Gasteiger charge is 2.49. The topological polar surface area (TPSA) is 69.4 Å². The molecule has 22 heavy (non-hydrogen) atoms. The van der Waals surface area contributed by atoms with E-state index in [1.54, 1.807) is 13.8 Å². The second kappa shape index (κ2) is 5.94. The van der Waals surface area contributed by atoms with Crippen molar-refractivity contribution in [2.24, 2.45) is 0 Å². The molecule has 1 atom stereocenters. The van der Waals surface area contributed by atoms with E-state index in [9.17, 15) is 21.6 Å². The number of nitrogens with zero attached hydrogens (tertiary/aromatic N) is 1. The average molecular weight is 339 g/mol. The van der Waals surface area contributed by atoms with Gasteiger partial charge in [0, 0.05) is 12.3 Å². The number of hydrogen-bond acceptors (Lipinski definition) is 5. The second-order valence-corrected chi connectivity index (χ2v) is 6.70. The summed E-state index contributed by atoms with van der Waals surface area (Å²) in [6.45, 7) is 3.45. The van der Waals surface area contributed by atoms with Crippen molar-refractivity contribution in [3.05, 3.63) is 29.2 Å². The lowest BCUT2D eigenvalue weighted by atomic mass is 9.87. The maximum Gasteiger partial charge on any atom is 0.534 e. The van der Waals surface area contributed by atoms with Gasteiger partial charge in [0.1, 0.15) is 11.5 Å². The predicted octanol–water partition coefficient (Wildman–Crippen LogP) is 3.78. The van der Waals surface area contributed by atoms with E-state index in [4.69, 9.17) is 4.42 Å². The SMILES string of the molecule is Cc1ncoc1C(C)C1=C(OS(=O)(=O)C(F)(F)F)CCCC1. The molecule has 0 amide bonds. The molecule has 0 spiro atoms. The molecule has 0 aromatic carbocycles. The highest BCUT2D eigenvalue weighted by atomic mass is 32.2. The van der Waals surface area contributed by atoms with Gasteiger partial charge in [-0.05, 0) is 31.8 Å². The Morgan fingerprint density at radius 2 is 1.95 bits per heavy atom. The summed E-state index contributed by atoms with van der Waals surface area (Å²) in [4.78, 5) is 3.94. The number of aromatic nitrogens is 1. The smallest absolute Gasteiger partial charge is 0.448 e. The van der Waals surface area contributed by atoms with Gasteiger partial charge < -0.3 is 8.60 Å². The van der Waals surface area contributed by atoms with Gasteiger partial charge in [-0.15, -0.1) is 0 Å². The molecule has 0 bridgehead atoms. The van der Waals surface area contributed by atoms with Gasteiger partial charge in [0.05, 0.1) is 5.69 Å². The van der Waals surface area contributed by atoms with Crippen LogP contribution in [0.3, 0.4) is 0 Å². The molecule has 0 saturated heterocycles. The Hall–Kier alpha value is -1.51. The number of halogens is 3. The third-order valence-corrected chi connectivity index (χ3v) is 4.64. The molecular formula is C13H16F3NO4S. The molecule has 0 N–H and O–H groups in total. The molecule has 9 heteroatoms. The molecule has 0 aliphatic heterocycles. The lowest BCUT2D eigenvalue weighted by Crippen LogP contribution is -2.26. The largest absolute Gasteiger partial charge is 0.534 e. The molecule has 1 aliphatic carbocycles. The molecule has 1 heterocycles. The lowest BCUT2D eigenvalue weighted by molar-refractivity contribution is -0.0525. The van der Waals surface area contributed by atoms with Crippen LogP contribution in [0.5, 0.6) is 0 Å². The van der Waals surface area contributed by atoms with Crippen LogP contribution in [-0.2, 0) is 14.3 Å². The molecule has 0 radical (unpaired) electrons. The Bertz CT molecular complexity index is 676. The van der Waals surface area contributed by atoms with E-state index in [0.717, 1.165) is 6.42 Å². The standard InChI is InChI=1S/C13H16F3NO4S/c1-8(12-9(2)17-7-20-12)10-5-3-4-6-11(10)21-22(18,19)13(14,15)16/h7-8H,3-6H2,1-2H3. The average Bonchev–Trinajstić information content (AvgIpc) is 2.83. The van der Waals surface area contributed by atoms with E-state index < -0.39 is 15.6 Å². The van der Waals surface area contributed by atoms with E-state index in [0.29, 0.717) is 29.9 Å². The predicted molar refractivity (Wildman–Crippen MR) is 71.2 cm³/mol. The number of hydrogen-bond donors (Lipinski definition) is 0. The summed E-state index contributed by atoms with van der Waals surface area (Å²) in [5.74, 6) is -0.0180. The molecule has 1 unspecified atom stereocenters. The van der Waals surface area contributed by atoms with Crippen molar-refractivity contribution in [1.82, 2.24) is 4.98 Å². The van der Waals surface area contributed by atoms with Crippen LogP contribution in [-0.4, -0.2) is 18.9 Å². The molecule has 1 aliphatic rings. The molecule has 1 aromatic rings. The Labute approximate surface area is 126 Å². The van der Waals surface area contributed by atoms with Gasteiger partial charge in [0.15, 0.2) is 6.39 Å². The van der Waals surface area contributed by atoms with Crippen molar-refractivity contribution in [3.8, 4) is 0 Å². The fraction of sp³-hybridized carbons (Fsp3) is 0.615. The Kier molecular flexibility index (Phi) is 4.55. The van der Waals surface area contributed by atoms with Gasteiger partial charge in [-0.25, -0.2) is 4.98 Å². The van der Waals surface area contributed by atoms with E-state index in [1.165, 1.54) is 6.39 Å². The Morgan fingerprint density at radius 3 is 2.50 bits per heavy atom. The number of alkyl halides is 3. The van der Waals surface area contributed by atoms with Gasteiger partial charge >= 0.3 is 15.6 Å². The summed E-state index contributed by atoms with van der Waals surface area (Å²) < 4.78 is 69.6. The van der Waals surface area contributed by atoms with E-state index in [-0.39, 0.29) is 18.1 Å². The minimum absolute atomic E-state index is 0.133. The number of rotatable bonds is 4. The van der Waals surface area contributed by atoms with Gasteiger partial charge in [0.25, 0.3) is 0 Å². The van der Waals surface area contributed by atoms with Crippen molar-refractivity contribution in [3.63, 3.8) is 0 Å². The zero-order chi connectivity index (χ0) is 16.5. The first-order valence-corrected chi connectivity index (χ1v) is 8.17. The van der Waals surface area contributed by atoms with Crippen molar-refractivity contribution in [1.29, 1.82) is 0 Å². The highest BCUT2D eigenvalue weighted by Crippen LogP contribution is 2.39. The van der Waals surface area contributed by atoms with Crippen LogP contribution in [0.25, 0.3) is 0 Å². The highest BCUT2D eigenvalue weighted by molar-refractivity contribution is 7.87. The van der Waals surface area contributed by atoms with Crippen LogP contribution >= 0.6 is 0 Å². The van der Waals surface area contributed by atoms with Gasteiger partial charge in [-0.3, -0.25) is 0 Å². The molecule has 0 saturated carbocycles. The maximum absolute atomic E-state index is 12.5. The third-order valence-electron chi connectivity index (χ3n) is 3.65. The van der Waals surface area contributed by atoms with Gasteiger partial charge in [-0.2, -0.15) is 21.6 Å². The first kappa shape index (κ1) is 16.9. The fourth-order valence-corrected chi connectivity index (χ4v) is 3.07. The van der Waals surface area contributed by atoms with Crippen molar-refractivity contribution in [2.45, 2.75) is 51.0 Å². The summed E-state index contributed by atoms with van der Waals surface area (Å²) in [5, 5.41) is 0. The minimum atomic E-state index is -5.65. The summed E-state index contributed by atoms with van der Waals surface area (Å²) in [7, 11) is -5.65. The molecule has 1 aromatic heterocycles. The monoisotopic (exact) mass is 339 g/mol. The van der Waals surface area contributed by atoms with E-state index in [2.05, 4.69) is 9.17 Å². The summed E-state index contributed by atoms with van der Waals surface area (Å²) in [6, 6.07) is 0. The Balaban J connectivity index is 2.37. The van der Waals surface area contributed by atoms with Crippen molar-refractivity contribution >= 4 is 10.1 Å².